The molecule has 0 fully saturated rings. The fraction of sp³-hybridized carbons (Fsp3) is 0.100. The Morgan fingerprint density at radius 3 is 2.73 bits per heavy atom. The Balaban J connectivity index is 2.85. The summed E-state index contributed by atoms with van der Waals surface area (Å²) in [5, 5.41) is 3.47. The fourth-order valence-corrected chi connectivity index (χ4v) is 0.932. The number of aldehydes is 1. The van der Waals surface area contributed by atoms with Gasteiger partial charge in [-0.3, -0.25) is 15.0 Å². The normalized spacial score (nSPS) is 10.9. The van der Waals surface area contributed by atoms with Gasteiger partial charge in [0.1, 0.15) is 0 Å². The number of ketones is 1. The Kier molecular flexibility index (Phi) is 4.00. The number of hydrogen-bond donors (Lipinski definition) is 1. The highest BCUT2D eigenvalue weighted by Gasteiger charge is 2.02. The van der Waals surface area contributed by atoms with Gasteiger partial charge in [0.2, 0.25) is 0 Å². The van der Waals surface area contributed by atoms with Gasteiger partial charge in [-0.2, -0.15) is 5.10 Å². The molecule has 0 heterocycles. The smallest absolute Gasteiger partial charge is 0.191 e. The second-order valence-electron chi connectivity index (χ2n) is 2.78. The third-order valence-electron chi connectivity index (χ3n) is 1.65. The van der Waals surface area contributed by atoms with Crippen molar-refractivity contribution in [3.8, 4) is 0 Å². The summed E-state index contributed by atoms with van der Waals surface area (Å²) in [7, 11) is 0. The second-order valence-corrected chi connectivity index (χ2v) is 3.13. The van der Waals surface area contributed by atoms with Crippen molar-refractivity contribution in [2.24, 2.45) is 5.10 Å². The number of Topliss-reactive ketones (excluding diaryl/α,β-unsaturated/α-hetero) is 1. The lowest BCUT2D eigenvalue weighted by molar-refractivity contribution is -0.110. The first-order valence-electron chi connectivity index (χ1n) is 4.19. The summed E-state index contributed by atoms with van der Waals surface area (Å²) in [5.74, 6) is -0.340. The van der Waals surface area contributed by atoms with Gasteiger partial charge >= 0.3 is 0 Å². The molecule has 0 saturated carbocycles. The van der Waals surface area contributed by atoms with Crippen molar-refractivity contribution in [2.45, 2.75) is 6.92 Å². The van der Waals surface area contributed by atoms with Crippen LogP contribution in [0.25, 0.3) is 0 Å². The number of benzene rings is 1. The molecule has 5 heteroatoms. The maximum absolute atomic E-state index is 10.7. The topological polar surface area (TPSA) is 58.5 Å². The number of carbonyl (C=O) groups excluding carboxylic acids is 2. The largest absolute Gasteiger partial charge is 0.298 e. The van der Waals surface area contributed by atoms with Crippen molar-refractivity contribution in [1.29, 1.82) is 0 Å². The van der Waals surface area contributed by atoms with Crippen LogP contribution in [0.1, 0.15) is 17.3 Å². The lowest BCUT2D eigenvalue weighted by atomic mass is 10.2. The van der Waals surface area contributed by atoms with Gasteiger partial charge in [-0.25, -0.2) is 0 Å². The zero-order valence-corrected chi connectivity index (χ0v) is 8.78. The minimum atomic E-state index is -0.340. The molecule has 1 rings (SSSR count). The average Bonchev–Trinajstić information content (AvgIpc) is 2.26. The van der Waals surface area contributed by atoms with Gasteiger partial charge in [0.15, 0.2) is 17.2 Å². The minimum Gasteiger partial charge on any atom is -0.298 e. The first-order valence-corrected chi connectivity index (χ1v) is 4.57. The molecule has 1 aromatic carbocycles. The zero-order valence-electron chi connectivity index (χ0n) is 8.03. The van der Waals surface area contributed by atoms with Gasteiger partial charge in [0.25, 0.3) is 0 Å². The highest BCUT2D eigenvalue weighted by molar-refractivity contribution is 6.82. The van der Waals surface area contributed by atoms with Crippen molar-refractivity contribution in [3.63, 3.8) is 0 Å². The number of anilines is 1. The summed E-state index contributed by atoms with van der Waals surface area (Å²) in [5.41, 5.74) is 3.51. The van der Waals surface area contributed by atoms with Crippen LogP contribution in [0.3, 0.4) is 0 Å². The summed E-state index contributed by atoms with van der Waals surface area (Å²) >= 11 is 5.51. The first kappa shape index (κ1) is 11.4. The lowest BCUT2D eigenvalue weighted by Gasteiger charge is -2.02. The Morgan fingerprint density at radius 1 is 1.47 bits per heavy atom. The van der Waals surface area contributed by atoms with E-state index >= 15 is 0 Å². The molecule has 0 radical (unpaired) electrons. The predicted octanol–water partition coefficient (Wildman–Crippen LogP) is 2.05. The average molecular weight is 225 g/mol. The van der Waals surface area contributed by atoms with Gasteiger partial charge in [-0.15, -0.1) is 0 Å². The maximum Gasteiger partial charge on any atom is 0.191 e. The maximum atomic E-state index is 10.7. The van der Waals surface area contributed by atoms with Crippen LogP contribution in [-0.4, -0.2) is 17.2 Å². The second kappa shape index (κ2) is 5.26. The zero-order chi connectivity index (χ0) is 11.3. The van der Waals surface area contributed by atoms with Gasteiger partial charge in [0, 0.05) is 12.5 Å². The third-order valence-corrected chi connectivity index (χ3v) is 2.00. The van der Waals surface area contributed by atoms with Crippen LogP contribution in [0.2, 0.25) is 0 Å². The van der Waals surface area contributed by atoms with E-state index in [-0.39, 0.29) is 11.0 Å². The number of carbonyl (C=O) groups is 2. The molecule has 4 nitrogen and oxygen atoms in total. The molecule has 0 spiro atoms. The summed E-state index contributed by atoms with van der Waals surface area (Å²) < 4.78 is 0. The molecule has 0 aliphatic carbocycles. The summed E-state index contributed by atoms with van der Waals surface area (Å²) in [4.78, 5) is 21.4. The van der Waals surface area contributed by atoms with Crippen molar-refractivity contribution >= 4 is 34.5 Å². The highest BCUT2D eigenvalue weighted by Crippen LogP contribution is 2.12. The van der Waals surface area contributed by atoms with E-state index in [4.69, 9.17) is 11.6 Å². The van der Waals surface area contributed by atoms with Crippen LogP contribution in [0.15, 0.2) is 29.4 Å². The molecule has 0 amide bonds. The molecule has 1 aromatic rings. The van der Waals surface area contributed by atoms with Crippen molar-refractivity contribution in [3.05, 3.63) is 29.8 Å². The molecule has 78 valence electrons. The minimum absolute atomic E-state index is 0.157. The van der Waals surface area contributed by atoms with Gasteiger partial charge in [0.05, 0.1) is 5.69 Å². The quantitative estimate of drug-likeness (QED) is 0.484. The van der Waals surface area contributed by atoms with Crippen molar-refractivity contribution in [2.75, 3.05) is 5.43 Å². The van der Waals surface area contributed by atoms with Crippen LogP contribution >= 0.6 is 11.6 Å². The van der Waals surface area contributed by atoms with E-state index < -0.39 is 0 Å². The summed E-state index contributed by atoms with van der Waals surface area (Å²) in [6.45, 7) is 1.30. The summed E-state index contributed by atoms with van der Waals surface area (Å²) in [6.07, 6.45) is 0.694. The van der Waals surface area contributed by atoms with Gasteiger partial charge < -0.3 is 0 Å². The molecular formula is C10H9ClN2O2. The van der Waals surface area contributed by atoms with Gasteiger partial charge in [-0.1, -0.05) is 23.7 Å². The van der Waals surface area contributed by atoms with E-state index in [1.807, 2.05) is 0 Å². The lowest BCUT2D eigenvalue weighted by Crippen LogP contribution is -2.05. The Morgan fingerprint density at radius 2 is 2.13 bits per heavy atom. The predicted molar refractivity (Wildman–Crippen MR) is 59.4 cm³/mol. The van der Waals surface area contributed by atoms with E-state index in [2.05, 4.69) is 10.5 Å². The number of nitrogens with zero attached hydrogens (tertiary/aromatic N) is 1. The molecule has 1 N–H and O–H groups in total. The molecule has 0 saturated heterocycles. The summed E-state index contributed by atoms with van der Waals surface area (Å²) in [6, 6.07) is 6.77. The van der Waals surface area contributed by atoms with Crippen LogP contribution in [0, 0.1) is 0 Å². The number of para-hydroxylation sites is 1. The number of nitrogens with one attached hydrogen (secondary N) is 1. The molecule has 0 atom stereocenters. The number of rotatable bonds is 4. The van der Waals surface area contributed by atoms with Crippen LogP contribution in [0.4, 0.5) is 5.69 Å². The van der Waals surface area contributed by atoms with E-state index in [9.17, 15) is 9.59 Å². The molecule has 15 heavy (non-hydrogen) atoms. The van der Waals surface area contributed by atoms with Crippen molar-refractivity contribution in [1.82, 2.24) is 0 Å². The van der Waals surface area contributed by atoms with E-state index in [0.29, 0.717) is 17.5 Å². The first-order chi connectivity index (χ1) is 7.15. The SMILES string of the molecule is CC(=O)/C(Cl)=N/Nc1ccccc1C=O. The van der Waals surface area contributed by atoms with Crippen LogP contribution in [0.5, 0.6) is 0 Å². The fourth-order valence-electron chi connectivity index (χ4n) is 0.890. The number of hydrogen-bond acceptors (Lipinski definition) is 4. The Hall–Kier alpha value is -1.68. The van der Waals surface area contributed by atoms with E-state index in [0.717, 1.165) is 0 Å². The van der Waals surface area contributed by atoms with E-state index in [1.165, 1.54) is 6.92 Å². The highest BCUT2D eigenvalue weighted by atomic mass is 35.5. The van der Waals surface area contributed by atoms with Gasteiger partial charge in [-0.05, 0) is 12.1 Å². The van der Waals surface area contributed by atoms with E-state index in [1.54, 1.807) is 24.3 Å². The third kappa shape index (κ3) is 3.18. The molecule has 0 aliphatic heterocycles. The molecule has 0 unspecified atom stereocenters. The molecular weight excluding hydrogens is 216 g/mol. The number of hydrazone groups is 1. The van der Waals surface area contributed by atoms with Crippen LogP contribution in [-0.2, 0) is 4.79 Å². The Labute approximate surface area is 91.9 Å². The molecule has 0 bridgehead atoms. The number of halogens is 1. The monoisotopic (exact) mass is 224 g/mol. The van der Waals surface area contributed by atoms with Crippen molar-refractivity contribution < 1.29 is 9.59 Å². The standard InChI is InChI=1S/C10H9ClN2O2/c1-7(15)10(11)13-12-9-5-3-2-4-8(9)6-14/h2-6,12H,1H3/b13-10-. The molecule has 0 aliphatic rings. The Bertz CT molecular complexity index is 416. The van der Waals surface area contributed by atoms with Crippen LogP contribution < -0.4 is 5.43 Å². The molecule has 0 aromatic heterocycles.